The number of benzene rings is 1. The van der Waals surface area contributed by atoms with E-state index in [1.165, 1.54) is 17.5 Å². The highest BCUT2D eigenvalue weighted by Crippen LogP contribution is 2.24. The van der Waals surface area contributed by atoms with Crippen LogP contribution in [0.2, 0.25) is 0 Å². The minimum absolute atomic E-state index is 0.0863. The molecular formula is C13H19NO3S. The van der Waals surface area contributed by atoms with Gasteiger partial charge < -0.3 is 4.84 Å². The van der Waals surface area contributed by atoms with Crippen molar-refractivity contribution < 1.29 is 13.3 Å². The maximum Gasteiger partial charge on any atom is 0.178 e. The average molecular weight is 269 g/mol. The Morgan fingerprint density at radius 1 is 1.17 bits per heavy atom. The summed E-state index contributed by atoms with van der Waals surface area (Å²) in [5, 5.41) is 0. The molecule has 0 amide bonds. The van der Waals surface area contributed by atoms with Crippen molar-refractivity contribution in [1.29, 1.82) is 0 Å². The lowest BCUT2D eigenvalue weighted by Gasteiger charge is -2.16. The van der Waals surface area contributed by atoms with Gasteiger partial charge in [-0.2, -0.15) is 0 Å². The molecule has 0 spiro atoms. The van der Waals surface area contributed by atoms with Crippen LogP contribution in [-0.2, 0) is 27.5 Å². The van der Waals surface area contributed by atoms with Crippen molar-refractivity contribution in [3.63, 3.8) is 0 Å². The molecule has 0 fully saturated rings. The van der Waals surface area contributed by atoms with Crippen LogP contribution in [0, 0.1) is 0 Å². The van der Waals surface area contributed by atoms with Gasteiger partial charge in [0.25, 0.3) is 0 Å². The van der Waals surface area contributed by atoms with Gasteiger partial charge in [-0.05, 0) is 55.4 Å². The van der Waals surface area contributed by atoms with E-state index in [-0.39, 0.29) is 12.4 Å². The summed E-state index contributed by atoms with van der Waals surface area (Å²) < 4.78 is 24.2. The molecule has 1 aromatic rings. The lowest BCUT2D eigenvalue weighted by molar-refractivity contribution is 0.139. The van der Waals surface area contributed by atoms with Gasteiger partial charge in [0.2, 0.25) is 0 Å². The third-order valence-corrected chi connectivity index (χ3v) is 5.15. The number of aryl methyl sites for hydroxylation is 2. The monoisotopic (exact) mass is 269 g/mol. The molecule has 0 heterocycles. The molecular weight excluding hydrogens is 250 g/mol. The van der Waals surface area contributed by atoms with Crippen LogP contribution in [-0.4, -0.2) is 20.8 Å². The number of rotatable bonds is 5. The first kappa shape index (κ1) is 13.5. The molecule has 0 radical (unpaired) electrons. The maximum absolute atomic E-state index is 12.1. The smallest absolute Gasteiger partial charge is 0.178 e. The Hall–Kier alpha value is -0.910. The second-order valence-electron chi connectivity index (χ2n) is 4.68. The van der Waals surface area contributed by atoms with Crippen molar-refractivity contribution in [2.45, 2.75) is 37.0 Å². The highest BCUT2D eigenvalue weighted by molar-refractivity contribution is 7.91. The van der Waals surface area contributed by atoms with E-state index in [0.29, 0.717) is 11.3 Å². The van der Waals surface area contributed by atoms with Crippen LogP contribution in [0.25, 0.3) is 0 Å². The fourth-order valence-electron chi connectivity index (χ4n) is 2.35. The van der Waals surface area contributed by atoms with Crippen LogP contribution in [0.15, 0.2) is 23.1 Å². The van der Waals surface area contributed by atoms with E-state index in [2.05, 4.69) is 4.84 Å². The van der Waals surface area contributed by atoms with Crippen molar-refractivity contribution in [3.8, 4) is 0 Å². The highest BCUT2D eigenvalue weighted by Gasteiger charge is 2.17. The molecule has 1 aromatic carbocycles. The molecule has 0 atom stereocenters. The van der Waals surface area contributed by atoms with Crippen LogP contribution in [0.1, 0.15) is 30.4 Å². The summed E-state index contributed by atoms with van der Waals surface area (Å²) in [5.74, 6) is 4.98. The molecule has 0 saturated heterocycles. The van der Waals surface area contributed by atoms with Gasteiger partial charge in [0.1, 0.15) is 0 Å². The van der Waals surface area contributed by atoms with Crippen LogP contribution in [0.5, 0.6) is 0 Å². The summed E-state index contributed by atoms with van der Waals surface area (Å²) in [6, 6.07) is 5.52. The van der Waals surface area contributed by atoms with Crippen LogP contribution >= 0.6 is 0 Å². The number of nitrogens with two attached hydrogens (primary N) is 1. The summed E-state index contributed by atoms with van der Waals surface area (Å²) in [5.41, 5.74) is 2.49. The first-order chi connectivity index (χ1) is 8.63. The molecule has 2 N–H and O–H groups in total. The summed E-state index contributed by atoms with van der Waals surface area (Å²) >= 11 is 0. The van der Waals surface area contributed by atoms with E-state index in [4.69, 9.17) is 5.90 Å². The van der Waals surface area contributed by atoms with Gasteiger partial charge in [0.05, 0.1) is 17.3 Å². The molecule has 2 rings (SSSR count). The van der Waals surface area contributed by atoms with Gasteiger partial charge in [-0.25, -0.2) is 14.3 Å². The largest absolute Gasteiger partial charge is 0.305 e. The molecule has 0 saturated carbocycles. The van der Waals surface area contributed by atoms with Gasteiger partial charge >= 0.3 is 0 Å². The summed E-state index contributed by atoms with van der Waals surface area (Å²) in [4.78, 5) is 4.83. The van der Waals surface area contributed by atoms with Gasteiger partial charge in [-0.3, -0.25) is 0 Å². The quantitative estimate of drug-likeness (QED) is 0.651. The molecule has 0 aliphatic heterocycles. The average Bonchev–Trinajstić information content (AvgIpc) is 2.38. The fourth-order valence-corrected chi connectivity index (χ4v) is 3.68. The van der Waals surface area contributed by atoms with Crippen molar-refractivity contribution in [2.75, 3.05) is 12.4 Å². The van der Waals surface area contributed by atoms with E-state index in [1.54, 1.807) is 6.07 Å². The van der Waals surface area contributed by atoms with Gasteiger partial charge in [0, 0.05) is 0 Å². The second-order valence-corrected chi connectivity index (χ2v) is 6.79. The molecule has 1 aliphatic rings. The van der Waals surface area contributed by atoms with E-state index in [0.717, 1.165) is 19.3 Å². The Balaban J connectivity index is 2.17. The third-order valence-electron chi connectivity index (χ3n) is 3.35. The Bertz CT molecular complexity index is 511. The minimum atomic E-state index is -3.20. The second kappa shape index (κ2) is 5.82. The molecule has 0 bridgehead atoms. The Labute approximate surface area is 108 Å². The first-order valence-electron chi connectivity index (χ1n) is 6.30. The van der Waals surface area contributed by atoms with Gasteiger partial charge in [0.15, 0.2) is 9.84 Å². The maximum atomic E-state index is 12.1. The predicted molar refractivity (Wildman–Crippen MR) is 69.9 cm³/mol. The molecule has 4 nitrogen and oxygen atoms in total. The normalized spacial score (nSPS) is 15.4. The summed E-state index contributed by atoms with van der Waals surface area (Å²) in [6.07, 6.45) is 4.83. The van der Waals surface area contributed by atoms with Crippen LogP contribution < -0.4 is 5.90 Å². The Morgan fingerprint density at radius 2 is 1.89 bits per heavy atom. The van der Waals surface area contributed by atoms with E-state index in [9.17, 15) is 8.42 Å². The number of fused-ring (bicyclic) bond motifs is 1. The molecule has 0 aromatic heterocycles. The molecule has 1 aliphatic carbocycles. The van der Waals surface area contributed by atoms with Crippen molar-refractivity contribution >= 4 is 9.84 Å². The number of hydrogen-bond acceptors (Lipinski definition) is 4. The standard InChI is InChI=1S/C13H19NO3S/c14-17-8-3-9-18(15,16)13-7-6-11-4-1-2-5-12(11)10-13/h6-7,10H,1-5,8-9,14H2. The molecule has 0 unspecified atom stereocenters. The SMILES string of the molecule is NOCCCS(=O)(=O)c1ccc2c(c1)CCCC2. The molecule has 100 valence electrons. The highest BCUT2D eigenvalue weighted by atomic mass is 32.2. The molecule has 18 heavy (non-hydrogen) atoms. The zero-order valence-electron chi connectivity index (χ0n) is 10.4. The topological polar surface area (TPSA) is 69.4 Å². The zero-order valence-corrected chi connectivity index (χ0v) is 11.2. The minimum Gasteiger partial charge on any atom is -0.305 e. The zero-order chi connectivity index (χ0) is 13.0. The first-order valence-corrected chi connectivity index (χ1v) is 7.95. The lowest BCUT2D eigenvalue weighted by atomic mass is 9.92. The number of sulfone groups is 1. The van der Waals surface area contributed by atoms with Crippen molar-refractivity contribution in [2.24, 2.45) is 5.90 Å². The van der Waals surface area contributed by atoms with Crippen LogP contribution in [0.4, 0.5) is 0 Å². The van der Waals surface area contributed by atoms with Crippen molar-refractivity contribution in [1.82, 2.24) is 0 Å². The van der Waals surface area contributed by atoms with E-state index < -0.39 is 9.84 Å². The summed E-state index contributed by atoms with van der Waals surface area (Å²) in [7, 11) is -3.20. The van der Waals surface area contributed by atoms with E-state index >= 15 is 0 Å². The van der Waals surface area contributed by atoms with Crippen molar-refractivity contribution in [3.05, 3.63) is 29.3 Å². The fraction of sp³-hybridized carbons (Fsp3) is 0.538. The van der Waals surface area contributed by atoms with Gasteiger partial charge in [-0.15, -0.1) is 0 Å². The summed E-state index contributed by atoms with van der Waals surface area (Å²) in [6.45, 7) is 0.268. The van der Waals surface area contributed by atoms with Crippen LogP contribution in [0.3, 0.4) is 0 Å². The lowest BCUT2D eigenvalue weighted by Crippen LogP contribution is -2.12. The number of hydrogen-bond donors (Lipinski definition) is 1. The van der Waals surface area contributed by atoms with E-state index in [1.807, 2.05) is 12.1 Å². The Morgan fingerprint density at radius 3 is 2.61 bits per heavy atom. The third kappa shape index (κ3) is 3.10. The Kier molecular flexibility index (Phi) is 4.37. The molecule has 5 heteroatoms. The predicted octanol–water partition coefficient (Wildman–Crippen LogP) is 1.62. The van der Waals surface area contributed by atoms with Gasteiger partial charge in [-0.1, -0.05) is 6.07 Å².